The fourth-order valence-electron chi connectivity index (χ4n) is 4.82. The lowest BCUT2D eigenvalue weighted by Crippen LogP contribution is -2.34. The maximum atomic E-state index is 10.0. The van der Waals surface area contributed by atoms with Crippen LogP contribution in [0.4, 0.5) is 0 Å². The Labute approximate surface area is 192 Å². The number of amides is 1. The van der Waals surface area contributed by atoms with Gasteiger partial charge >= 0.3 is 0 Å². The zero-order valence-corrected chi connectivity index (χ0v) is 19.5. The van der Waals surface area contributed by atoms with Gasteiger partial charge in [-0.1, -0.05) is 24.3 Å². The molecular weight excluding hydrogens is 422 g/mol. The van der Waals surface area contributed by atoms with Gasteiger partial charge in [0, 0.05) is 23.5 Å². The first-order valence-corrected chi connectivity index (χ1v) is 12.1. The van der Waals surface area contributed by atoms with E-state index in [1.165, 1.54) is 41.0 Å². The van der Waals surface area contributed by atoms with Crippen LogP contribution >= 0.6 is 11.3 Å². The summed E-state index contributed by atoms with van der Waals surface area (Å²) in [6.07, 6.45) is 4.55. The van der Waals surface area contributed by atoms with Crippen LogP contribution in [0.15, 0.2) is 24.3 Å². The van der Waals surface area contributed by atoms with Crippen LogP contribution in [0, 0.1) is 13.8 Å². The normalized spacial score (nSPS) is 19.3. The lowest BCUT2D eigenvalue weighted by Gasteiger charge is -2.21. The molecule has 1 saturated heterocycles. The first-order chi connectivity index (χ1) is 15.7. The molecule has 3 aromatic rings. The molecule has 1 atom stereocenters. The summed E-state index contributed by atoms with van der Waals surface area (Å²) in [5, 5.41) is 13.8. The molecule has 1 fully saturated rings. The molecule has 0 bridgehead atoms. The Balaban J connectivity index is 0.000000230. The SMILES string of the molecule is Cc1ccccc1C1NCc2nnc(C)n2-c2sc3c(c21)CCC3.O=CN1CCOCC1. The molecule has 0 spiro atoms. The summed E-state index contributed by atoms with van der Waals surface area (Å²) >= 11 is 1.95. The summed E-state index contributed by atoms with van der Waals surface area (Å²) in [4.78, 5) is 13.3. The van der Waals surface area contributed by atoms with E-state index >= 15 is 0 Å². The van der Waals surface area contributed by atoms with Crippen LogP contribution < -0.4 is 5.32 Å². The minimum atomic E-state index is 0.236. The molecule has 168 valence electrons. The van der Waals surface area contributed by atoms with Crippen molar-refractivity contribution < 1.29 is 9.53 Å². The van der Waals surface area contributed by atoms with Gasteiger partial charge in [0.05, 0.1) is 25.8 Å². The lowest BCUT2D eigenvalue weighted by atomic mass is 9.93. The smallest absolute Gasteiger partial charge is 0.209 e. The van der Waals surface area contributed by atoms with Crippen LogP contribution in [-0.2, 0) is 28.9 Å². The van der Waals surface area contributed by atoms with Gasteiger partial charge in [0.1, 0.15) is 10.8 Å². The molecular formula is C24H29N5O2S. The molecule has 7 nitrogen and oxygen atoms in total. The molecule has 1 N–H and O–H groups in total. The topological polar surface area (TPSA) is 72.3 Å². The van der Waals surface area contributed by atoms with E-state index < -0.39 is 0 Å². The highest BCUT2D eigenvalue weighted by Crippen LogP contribution is 2.45. The Bertz CT molecular complexity index is 1120. The number of aromatic nitrogens is 3. The number of nitrogens with one attached hydrogen (secondary N) is 1. The number of carbonyl (C=O) groups excluding carboxylic acids is 1. The zero-order chi connectivity index (χ0) is 22.1. The summed E-state index contributed by atoms with van der Waals surface area (Å²) in [7, 11) is 0. The Morgan fingerprint density at radius 2 is 1.97 bits per heavy atom. The molecule has 3 aliphatic rings. The van der Waals surface area contributed by atoms with Crippen LogP contribution in [0.2, 0.25) is 0 Å². The maximum absolute atomic E-state index is 10.0. The second-order valence-corrected chi connectivity index (χ2v) is 9.58. The Kier molecular flexibility index (Phi) is 6.08. The maximum Gasteiger partial charge on any atom is 0.209 e. The van der Waals surface area contributed by atoms with E-state index in [1.54, 1.807) is 15.3 Å². The highest BCUT2D eigenvalue weighted by molar-refractivity contribution is 7.15. The van der Waals surface area contributed by atoms with Crippen molar-refractivity contribution in [1.82, 2.24) is 25.0 Å². The van der Waals surface area contributed by atoms with Crippen LogP contribution in [0.25, 0.3) is 5.00 Å². The summed E-state index contributed by atoms with van der Waals surface area (Å²) in [6, 6.07) is 8.97. The number of ether oxygens (including phenoxy) is 1. The van der Waals surface area contributed by atoms with E-state index in [0.717, 1.165) is 37.7 Å². The third-order valence-corrected chi connectivity index (χ3v) is 7.78. The molecule has 6 rings (SSSR count). The zero-order valence-electron chi connectivity index (χ0n) is 18.6. The second kappa shape index (κ2) is 9.13. The van der Waals surface area contributed by atoms with Crippen molar-refractivity contribution >= 4 is 17.7 Å². The predicted molar refractivity (Wildman–Crippen MR) is 124 cm³/mol. The van der Waals surface area contributed by atoms with E-state index in [4.69, 9.17) is 4.74 Å². The van der Waals surface area contributed by atoms with Gasteiger partial charge in [-0.2, -0.15) is 0 Å². The minimum Gasteiger partial charge on any atom is -0.378 e. The van der Waals surface area contributed by atoms with Crippen molar-refractivity contribution in [1.29, 1.82) is 0 Å². The fraction of sp³-hybridized carbons (Fsp3) is 0.458. The molecule has 4 heterocycles. The van der Waals surface area contributed by atoms with Crippen molar-refractivity contribution in [2.45, 2.75) is 45.7 Å². The Hall–Kier alpha value is -2.55. The number of morpholine rings is 1. The summed E-state index contributed by atoms with van der Waals surface area (Å²) < 4.78 is 7.27. The Morgan fingerprint density at radius 3 is 2.72 bits per heavy atom. The number of benzene rings is 1. The standard InChI is InChI=1S/C19H20N4S.C5H9NO2/c1-11-6-3-4-7-13(11)18-17-14-8-5-9-15(14)24-19(17)23-12(2)21-22-16(23)10-20-18;7-5-6-1-3-8-4-2-6/h3-4,6-7,18,20H,5,8-10H2,1-2H3;5H,1-4H2. The second-order valence-electron chi connectivity index (χ2n) is 8.50. The number of carbonyl (C=O) groups is 1. The lowest BCUT2D eigenvalue weighted by molar-refractivity contribution is -0.121. The average molecular weight is 452 g/mol. The molecule has 8 heteroatoms. The van der Waals surface area contributed by atoms with Crippen molar-refractivity contribution in [2.75, 3.05) is 26.3 Å². The van der Waals surface area contributed by atoms with Gasteiger partial charge in [0.25, 0.3) is 0 Å². The first-order valence-electron chi connectivity index (χ1n) is 11.3. The number of rotatable bonds is 2. The van der Waals surface area contributed by atoms with Crippen LogP contribution in [0.1, 0.15) is 51.2 Å². The van der Waals surface area contributed by atoms with Crippen LogP contribution in [0.3, 0.4) is 0 Å². The molecule has 2 aliphatic heterocycles. The monoisotopic (exact) mass is 451 g/mol. The number of nitrogens with zero attached hydrogens (tertiary/aromatic N) is 4. The van der Waals surface area contributed by atoms with Gasteiger partial charge < -0.3 is 9.64 Å². The molecule has 1 aliphatic carbocycles. The quantitative estimate of drug-likeness (QED) is 0.606. The van der Waals surface area contributed by atoms with Gasteiger partial charge in [0.2, 0.25) is 6.41 Å². The van der Waals surface area contributed by atoms with Crippen LogP contribution in [0.5, 0.6) is 0 Å². The number of fused-ring (bicyclic) bond motifs is 5. The molecule has 32 heavy (non-hydrogen) atoms. The van der Waals surface area contributed by atoms with Gasteiger partial charge in [-0.3, -0.25) is 14.7 Å². The van der Waals surface area contributed by atoms with Crippen molar-refractivity contribution in [3.63, 3.8) is 0 Å². The van der Waals surface area contributed by atoms with E-state index in [2.05, 4.69) is 58.2 Å². The van der Waals surface area contributed by atoms with E-state index in [0.29, 0.717) is 13.2 Å². The number of thiophene rings is 1. The van der Waals surface area contributed by atoms with Gasteiger partial charge in [0.15, 0.2) is 5.82 Å². The molecule has 0 saturated carbocycles. The average Bonchev–Trinajstić information content (AvgIpc) is 3.48. The third-order valence-electron chi connectivity index (χ3n) is 6.48. The van der Waals surface area contributed by atoms with E-state index in [-0.39, 0.29) is 6.04 Å². The summed E-state index contributed by atoms with van der Waals surface area (Å²) in [5.41, 5.74) is 5.75. The third kappa shape index (κ3) is 3.87. The molecule has 1 amide bonds. The number of hydrogen-bond acceptors (Lipinski definition) is 6. The van der Waals surface area contributed by atoms with Crippen molar-refractivity contribution in [3.05, 3.63) is 63.0 Å². The van der Waals surface area contributed by atoms with Gasteiger partial charge in [-0.25, -0.2) is 0 Å². The molecule has 0 radical (unpaired) electrons. The van der Waals surface area contributed by atoms with Gasteiger partial charge in [-0.05, 0) is 49.8 Å². The van der Waals surface area contributed by atoms with Crippen LogP contribution in [-0.4, -0.2) is 52.4 Å². The number of hydrogen-bond donors (Lipinski definition) is 1. The Morgan fingerprint density at radius 1 is 1.16 bits per heavy atom. The molecule has 2 aromatic heterocycles. The summed E-state index contributed by atoms with van der Waals surface area (Å²) in [6.45, 7) is 7.90. The predicted octanol–water partition coefficient (Wildman–Crippen LogP) is 3.10. The van der Waals surface area contributed by atoms with Crippen molar-refractivity contribution in [3.8, 4) is 5.00 Å². The fourth-order valence-corrected chi connectivity index (χ4v) is 6.31. The molecule has 1 aromatic carbocycles. The first kappa shape index (κ1) is 21.3. The highest BCUT2D eigenvalue weighted by Gasteiger charge is 2.33. The summed E-state index contributed by atoms with van der Waals surface area (Å²) in [5.74, 6) is 2.00. The highest BCUT2D eigenvalue weighted by atomic mass is 32.1. The van der Waals surface area contributed by atoms with Gasteiger partial charge in [-0.15, -0.1) is 21.5 Å². The number of aryl methyl sites for hydroxylation is 3. The van der Waals surface area contributed by atoms with E-state index in [9.17, 15) is 4.79 Å². The van der Waals surface area contributed by atoms with E-state index in [1.807, 2.05) is 11.3 Å². The van der Waals surface area contributed by atoms with Crippen molar-refractivity contribution in [2.24, 2.45) is 0 Å². The minimum absolute atomic E-state index is 0.236. The largest absolute Gasteiger partial charge is 0.378 e. The molecule has 1 unspecified atom stereocenters.